The molecule has 4 rings (SSSR count). The fourth-order valence-corrected chi connectivity index (χ4v) is 5.45. The molecule has 176 valence electrons. The average molecular weight is 475 g/mol. The predicted molar refractivity (Wildman–Crippen MR) is 137 cm³/mol. The lowest BCUT2D eigenvalue weighted by Gasteiger charge is -2.24. The first-order chi connectivity index (χ1) is 16.5. The minimum atomic E-state index is -0.108. The Bertz CT molecular complexity index is 1150. The number of nitrogens with zero attached hydrogens (tertiary/aromatic N) is 1. The second-order valence-electron chi connectivity index (χ2n) is 8.46. The van der Waals surface area contributed by atoms with Gasteiger partial charge in [-0.05, 0) is 53.8 Å². The summed E-state index contributed by atoms with van der Waals surface area (Å²) >= 11 is 1.63. The van der Waals surface area contributed by atoms with Gasteiger partial charge in [0, 0.05) is 12.1 Å². The molecule has 2 amide bonds. The van der Waals surface area contributed by atoms with E-state index in [9.17, 15) is 9.59 Å². The Kier molecular flexibility index (Phi) is 7.58. The van der Waals surface area contributed by atoms with Crippen molar-refractivity contribution >= 4 is 23.6 Å². The van der Waals surface area contributed by atoms with Gasteiger partial charge in [0.15, 0.2) is 0 Å². The summed E-state index contributed by atoms with van der Waals surface area (Å²) in [5.41, 5.74) is 4.85. The van der Waals surface area contributed by atoms with Crippen LogP contribution in [-0.4, -0.2) is 29.6 Å². The molecule has 1 heterocycles. The van der Waals surface area contributed by atoms with Gasteiger partial charge in [0.25, 0.3) is 5.91 Å². The zero-order valence-electron chi connectivity index (χ0n) is 19.8. The van der Waals surface area contributed by atoms with Crippen molar-refractivity contribution in [1.29, 1.82) is 0 Å². The van der Waals surface area contributed by atoms with Gasteiger partial charge >= 0.3 is 0 Å². The average Bonchev–Trinajstić information content (AvgIpc) is 3.22. The Labute approximate surface area is 205 Å². The monoisotopic (exact) mass is 474 g/mol. The number of ether oxygens (including phenoxy) is 1. The SMILES string of the molecule is CC[C@@H](NC(=O)c1ccc([C@H]2SCC(=O)N2Cc2ccccc2)cc1)c1ccc(OC)c(C)c1. The first-order valence-electron chi connectivity index (χ1n) is 11.5. The van der Waals surface area contributed by atoms with Crippen LogP contribution in [0.2, 0.25) is 0 Å². The molecular weight excluding hydrogens is 444 g/mol. The van der Waals surface area contributed by atoms with Crippen molar-refractivity contribution in [2.24, 2.45) is 0 Å². The zero-order valence-corrected chi connectivity index (χ0v) is 20.6. The van der Waals surface area contributed by atoms with E-state index in [1.807, 2.05) is 78.6 Å². The quantitative estimate of drug-likeness (QED) is 0.458. The van der Waals surface area contributed by atoms with Crippen LogP contribution < -0.4 is 10.1 Å². The highest BCUT2D eigenvalue weighted by Crippen LogP contribution is 2.39. The number of carbonyl (C=O) groups excluding carboxylic acids is 2. The van der Waals surface area contributed by atoms with Gasteiger partial charge in [-0.3, -0.25) is 9.59 Å². The number of amides is 2. The number of aryl methyl sites for hydroxylation is 1. The van der Waals surface area contributed by atoms with Crippen LogP contribution in [0.4, 0.5) is 0 Å². The molecule has 5 nitrogen and oxygen atoms in total. The van der Waals surface area contributed by atoms with E-state index in [1.165, 1.54) is 0 Å². The lowest BCUT2D eigenvalue weighted by atomic mass is 10.0. The summed E-state index contributed by atoms with van der Waals surface area (Å²) in [7, 11) is 1.66. The summed E-state index contributed by atoms with van der Waals surface area (Å²) < 4.78 is 5.35. The maximum Gasteiger partial charge on any atom is 0.251 e. The number of carbonyl (C=O) groups is 2. The van der Waals surface area contributed by atoms with Crippen molar-refractivity contribution in [2.45, 2.75) is 38.2 Å². The van der Waals surface area contributed by atoms with E-state index in [2.05, 4.69) is 18.3 Å². The number of rotatable bonds is 8. The van der Waals surface area contributed by atoms with Gasteiger partial charge in [-0.2, -0.15) is 0 Å². The predicted octanol–water partition coefficient (Wildman–Crippen LogP) is 5.66. The maximum atomic E-state index is 13.0. The van der Waals surface area contributed by atoms with Gasteiger partial charge in [0.1, 0.15) is 11.1 Å². The second kappa shape index (κ2) is 10.8. The molecule has 0 spiro atoms. The van der Waals surface area contributed by atoms with Gasteiger partial charge in [-0.15, -0.1) is 11.8 Å². The van der Waals surface area contributed by atoms with E-state index in [4.69, 9.17) is 4.74 Å². The van der Waals surface area contributed by atoms with Crippen LogP contribution in [0.3, 0.4) is 0 Å². The zero-order chi connectivity index (χ0) is 24.1. The third-order valence-electron chi connectivity index (χ3n) is 6.16. The van der Waals surface area contributed by atoms with Gasteiger partial charge in [-0.25, -0.2) is 0 Å². The van der Waals surface area contributed by atoms with Crippen molar-refractivity contribution in [3.63, 3.8) is 0 Å². The molecule has 1 N–H and O–H groups in total. The van der Waals surface area contributed by atoms with Crippen LogP contribution in [0, 0.1) is 6.92 Å². The number of benzene rings is 3. The topological polar surface area (TPSA) is 58.6 Å². The highest BCUT2D eigenvalue weighted by atomic mass is 32.2. The van der Waals surface area contributed by atoms with Crippen molar-refractivity contribution in [2.75, 3.05) is 12.9 Å². The lowest BCUT2D eigenvalue weighted by molar-refractivity contribution is -0.128. The first-order valence-corrected chi connectivity index (χ1v) is 12.6. The van der Waals surface area contributed by atoms with E-state index in [-0.39, 0.29) is 23.2 Å². The number of thioether (sulfide) groups is 1. The fraction of sp³-hybridized carbons (Fsp3) is 0.286. The third-order valence-corrected chi connectivity index (χ3v) is 7.41. The van der Waals surface area contributed by atoms with Crippen molar-refractivity contribution in [3.8, 4) is 5.75 Å². The van der Waals surface area contributed by atoms with Crippen molar-refractivity contribution < 1.29 is 14.3 Å². The van der Waals surface area contributed by atoms with Gasteiger partial charge in [-0.1, -0.05) is 61.5 Å². The molecule has 0 unspecified atom stereocenters. The normalized spacial score (nSPS) is 16.4. The molecule has 0 aromatic heterocycles. The van der Waals surface area contributed by atoms with Gasteiger partial charge < -0.3 is 15.0 Å². The first kappa shape index (κ1) is 23.9. The molecule has 3 aromatic rings. The molecule has 0 aliphatic carbocycles. The molecule has 6 heteroatoms. The smallest absolute Gasteiger partial charge is 0.251 e. The molecule has 34 heavy (non-hydrogen) atoms. The van der Waals surface area contributed by atoms with Gasteiger partial charge in [0.05, 0.1) is 18.9 Å². The Balaban J connectivity index is 1.45. The van der Waals surface area contributed by atoms with E-state index >= 15 is 0 Å². The molecule has 0 saturated carbocycles. The van der Waals surface area contributed by atoms with E-state index < -0.39 is 0 Å². The highest BCUT2D eigenvalue weighted by Gasteiger charge is 2.32. The Morgan fingerprint density at radius 1 is 1.12 bits per heavy atom. The largest absolute Gasteiger partial charge is 0.496 e. The van der Waals surface area contributed by atoms with Crippen molar-refractivity contribution in [3.05, 3.63) is 101 Å². The number of hydrogen-bond acceptors (Lipinski definition) is 4. The molecule has 0 radical (unpaired) electrons. The van der Waals surface area contributed by atoms with Crippen LogP contribution in [0.1, 0.15) is 57.4 Å². The maximum absolute atomic E-state index is 13.0. The minimum absolute atomic E-state index is 0.0459. The molecular formula is C28H30N2O3S. The van der Waals surface area contributed by atoms with Crippen LogP contribution in [0.5, 0.6) is 5.75 Å². The third kappa shape index (κ3) is 5.28. The van der Waals surface area contributed by atoms with Crippen LogP contribution in [-0.2, 0) is 11.3 Å². The summed E-state index contributed by atoms with van der Waals surface area (Å²) in [6, 6.07) is 23.6. The summed E-state index contributed by atoms with van der Waals surface area (Å²) in [6.45, 7) is 4.64. The Morgan fingerprint density at radius 3 is 2.50 bits per heavy atom. The summed E-state index contributed by atoms with van der Waals surface area (Å²) in [5, 5.41) is 3.11. The number of hydrogen-bond donors (Lipinski definition) is 1. The highest BCUT2D eigenvalue weighted by molar-refractivity contribution is 8.00. The molecule has 1 fully saturated rings. The standard InChI is InChI=1S/C28H30N2O3S/c1-4-24(23-14-15-25(33-3)19(2)16-23)29-27(32)21-10-12-22(13-11-21)28-30(26(31)18-34-28)17-20-8-6-5-7-9-20/h5-16,24,28H,4,17-18H2,1-3H3,(H,29,32)/t24-,28-/m1/s1. The van der Waals surface area contributed by atoms with Crippen LogP contribution in [0.25, 0.3) is 0 Å². The number of methoxy groups -OCH3 is 1. The van der Waals surface area contributed by atoms with Crippen LogP contribution >= 0.6 is 11.8 Å². The summed E-state index contributed by atoms with van der Waals surface area (Å²) in [5.74, 6) is 1.34. The molecule has 0 bridgehead atoms. The van der Waals surface area contributed by atoms with Crippen LogP contribution in [0.15, 0.2) is 72.8 Å². The van der Waals surface area contributed by atoms with E-state index in [0.29, 0.717) is 17.9 Å². The minimum Gasteiger partial charge on any atom is -0.496 e. The molecule has 2 atom stereocenters. The van der Waals surface area contributed by atoms with Gasteiger partial charge in [0.2, 0.25) is 5.91 Å². The molecule has 1 aliphatic rings. The van der Waals surface area contributed by atoms with Crippen molar-refractivity contribution in [1.82, 2.24) is 10.2 Å². The second-order valence-corrected chi connectivity index (χ2v) is 9.52. The molecule has 3 aromatic carbocycles. The molecule has 1 saturated heterocycles. The van der Waals surface area contributed by atoms with E-state index in [0.717, 1.165) is 34.4 Å². The van der Waals surface area contributed by atoms with E-state index in [1.54, 1.807) is 18.9 Å². The Morgan fingerprint density at radius 2 is 1.85 bits per heavy atom. The number of nitrogens with one attached hydrogen (secondary N) is 1. The lowest BCUT2D eigenvalue weighted by Crippen LogP contribution is -2.29. The fourth-order valence-electron chi connectivity index (χ4n) is 4.26. The molecule has 1 aliphatic heterocycles. The Hall–Kier alpha value is -3.25. The summed E-state index contributed by atoms with van der Waals surface area (Å²) in [6.07, 6.45) is 0.783. The summed E-state index contributed by atoms with van der Waals surface area (Å²) in [4.78, 5) is 27.4.